The van der Waals surface area contributed by atoms with E-state index in [-0.39, 0.29) is 36.4 Å². The van der Waals surface area contributed by atoms with Crippen molar-refractivity contribution in [3.05, 3.63) is 262 Å². The Bertz CT molecular complexity index is 3770. The molecule has 7 aromatic carbocycles. The van der Waals surface area contributed by atoms with Crippen molar-refractivity contribution in [2.24, 2.45) is 11.3 Å². The van der Waals surface area contributed by atoms with Crippen LogP contribution in [0.3, 0.4) is 0 Å². The Morgan fingerprint density at radius 3 is 1.64 bits per heavy atom. The number of hydrogen-bond donors (Lipinski definition) is 4. The van der Waals surface area contributed by atoms with Crippen LogP contribution in [0.15, 0.2) is 217 Å². The van der Waals surface area contributed by atoms with Crippen LogP contribution < -0.4 is 30.9 Å². The van der Waals surface area contributed by atoms with Crippen molar-refractivity contribution in [3.63, 3.8) is 0 Å². The molecule has 1 aromatic heterocycles. The fourth-order valence-electron chi connectivity index (χ4n) is 11.3. The summed E-state index contributed by atoms with van der Waals surface area (Å²) in [7, 11) is -1.28. The predicted molar refractivity (Wildman–Crippen MR) is 366 cm³/mol. The number of anilines is 1. The number of benzene rings is 7. The smallest absolute Gasteiger partial charge is 0.408 e. The first kappa shape index (κ1) is 70.9. The van der Waals surface area contributed by atoms with E-state index >= 15 is 4.57 Å². The van der Waals surface area contributed by atoms with Crippen molar-refractivity contribution in [2.45, 2.75) is 109 Å². The Morgan fingerprint density at radius 2 is 1.17 bits per heavy atom. The number of esters is 1. The van der Waals surface area contributed by atoms with Crippen LogP contribution in [0.1, 0.15) is 101 Å². The molecule has 1 saturated heterocycles. The molecular weight excluding hydrogens is 1250 g/mol. The maximum absolute atomic E-state index is 15.2. The van der Waals surface area contributed by atoms with Gasteiger partial charge in [-0.3, -0.25) is 18.4 Å². The van der Waals surface area contributed by atoms with Gasteiger partial charge < -0.3 is 44.2 Å². The van der Waals surface area contributed by atoms with Crippen molar-refractivity contribution in [1.82, 2.24) is 20.0 Å². The van der Waals surface area contributed by atoms with Crippen LogP contribution >= 0.6 is 19.5 Å². The standard InChI is InChI=1S/C74H84N5O14PS/c1-51(2)63(77-69(83)93-70(3,4)5)65(80)92-64-61(91-66(72(64,8)84)79-45-44-62(76-68(79)82)78-73(53-28-18-12-19-29-53,54-36-40-59(86-9)41-37-54)55-38-42-60(87-10)43-39-55)49-90-94(85,75-48-52-26-16-11-17-27-52)89-46-47-95-67(81)71(6,7)50-88-74(56-30-20-13-21-31-56,57-32-22-14-23-33-57)58-34-24-15-25-35-58/h11-45,51,61,63-64,66,84H,46-50H2,1-10H3,(H,75,85)(H,77,83)(H,76,78,82)/t61?,63-,64-,66-,72-,94?/m1/s1. The van der Waals surface area contributed by atoms with Gasteiger partial charge in [0, 0.05) is 18.5 Å². The Kier molecular flexibility index (Phi) is 23.1. The van der Waals surface area contributed by atoms with Crippen molar-refractivity contribution in [1.29, 1.82) is 0 Å². The summed E-state index contributed by atoms with van der Waals surface area (Å²) in [5, 5.41) is 21.7. The van der Waals surface area contributed by atoms with Gasteiger partial charge in [-0.2, -0.15) is 4.98 Å². The minimum atomic E-state index is -4.44. The number of alkyl carbamates (subject to hydrolysis) is 1. The first-order valence-corrected chi connectivity index (χ1v) is 33.9. The van der Waals surface area contributed by atoms with Gasteiger partial charge in [-0.05, 0) is 117 Å². The summed E-state index contributed by atoms with van der Waals surface area (Å²) >= 11 is 0.986. The van der Waals surface area contributed by atoms with Gasteiger partial charge in [0.15, 0.2) is 17.4 Å². The Hall–Kier alpha value is -8.43. The molecule has 0 bridgehead atoms. The zero-order valence-corrected chi connectivity index (χ0v) is 56.8. The molecule has 8 aromatic rings. The third kappa shape index (κ3) is 17.0. The number of aliphatic hydroxyl groups is 1. The minimum Gasteiger partial charge on any atom is -0.497 e. The Morgan fingerprint density at radius 1 is 0.684 bits per heavy atom. The lowest BCUT2D eigenvalue weighted by molar-refractivity contribution is -0.167. The molecule has 1 aliphatic heterocycles. The topological polar surface area (TPSA) is 233 Å². The van der Waals surface area contributed by atoms with Crippen molar-refractivity contribution < 1.29 is 61.5 Å². The van der Waals surface area contributed by atoms with Gasteiger partial charge in [0.1, 0.15) is 51.8 Å². The van der Waals surface area contributed by atoms with Gasteiger partial charge >= 0.3 is 25.5 Å². The molecule has 19 nitrogen and oxygen atoms in total. The lowest BCUT2D eigenvalue weighted by atomic mass is 9.77. The second kappa shape index (κ2) is 31.0. The van der Waals surface area contributed by atoms with Gasteiger partial charge in [-0.1, -0.05) is 202 Å². The molecule has 0 radical (unpaired) electrons. The summed E-state index contributed by atoms with van der Waals surface area (Å²) in [5.74, 6) is -0.128. The zero-order chi connectivity index (χ0) is 68.0. The van der Waals surface area contributed by atoms with E-state index in [0.717, 1.165) is 55.3 Å². The number of rotatable bonds is 29. The highest BCUT2D eigenvalue weighted by molar-refractivity contribution is 8.13. The fourth-order valence-corrected chi connectivity index (χ4v) is 13.6. The summed E-state index contributed by atoms with van der Waals surface area (Å²) in [6.45, 7) is 12.5. The zero-order valence-electron chi connectivity index (χ0n) is 55.1. The van der Waals surface area contributed by atoms with Crippen LogP contribution in [0, 0.1) is 11.3 Å². The van der Waals surface area contributed by atoms with Gasteiger partial charge in [0.2, 0.25) is 0 Å². The monoisotopic (exact) mass is 1330 g/mol. The highest BCUT2D eigenvalue weighted by atomic mass is 32.2. The predicted octanol–water partition coefficient (Wildman–Crippen LogP) is 13.0. The second-order valence-electron chi connectivity index (χ2n) is 25.2. The number of nitrogens with one attached hydrogen (secondary N) is 3. The molecule has 0 spiro atoms. The van der Waals surface area contributed by atoms with E-state index in [0.29, 0.717) is 11.5 Å². The molecule has 2 heterocycles. The summed E-state index contributed by atoms with van der Waals surface area (Å²) in [6.07, 6.45) is -4.28. The molecule has 9 rings (SSSR count). The molecule has 0 saturated carbocycles. The molecule has 0 aliphatic carbocycles. The number of carbonyl (C=O) groups excluding carboxylic acids is 3. The summed E-state index contributed by atoms with van der Waals surface area (Å²) < 4.78 is 65.1. The van der Waals surface area contributed by atoms with E-state index in [9.17, 15) is 24.3 Å². The van der Waals surface area contributed by atoms with Crippen LogP contribution in [-0.2, 0) is 59.8 Å². The summed E-state index contributed by atoms with van der Waals surface area (Å²) in [4.78, 5) is 61.4. The summed E-state index contributed by atoms with van der Waals surface area (Å²) in [5.41, 5.74) is -1.67. The first-order valence-electron chi connectivity index (χ1n) is 31.4. The molecule has 2 unspecified atom stereocenters. The number of nitrogens with zero attached hydrogens (tertiary/aromatic N) is 2. The SMILES string of the molecule is COc1ccc(C(Nc2ccn([C@@H]3OC(COP(=O)(NCc4ccccc4)OCCSC(=O)C(C)(C)COC(c4ccccc4)(c4ccccc4)c4ccccc4)[C@@H](OC(=O)[C@H](NC(=O)OC(C)(C)C)C(C)C)[C@@]3(C)O)c(=O)n2)(c2ccccc2)c2ccc(OC)cc2)cc1. The number of ether oxygens (including phenoxy) is 6. The first-order chi connectivity index (χ1) is 45.4. The van der Waals surface area contributed by atoms with Crippen molar-refractivity contribution in [2.75, 3.05) is 45.1 Å². The molecule has 6 atom stereocenters. The van der Waals surface area contributed by atoms with Gasteiger partial charge in [-0.25, -0.2) is 24.0 Å². The number of aromatic nitrogens is 2. The van der Waals surface area contributed by atoms with E-state index in [1.807, 2.05) is 214 Å². The Balaban J connectivity index is 0.990. The van der Waals surface area contributed by atoms with Gasteiger partial charge in [-0.15, -0.1) is 0 Å². The highest BCUT2D eigenvalue weighted by Crippen LogP contribution is 2.49. The fraction of sp³-hybridized carbons (Fsp3) is 0.338. The van der Waals surface area contributed by atoms with Crippen LogP contribution in [-0.4, -0.2) is 101 Å². The van der Waals surface area contributed by atoms with Gasteiger partial charge in [0.25, 0.3) is 0 Å². The largest absolute Gasteiger partial charge is 0.497 e. The lowest BCUT2D eigenvalue weighted by Crippen LogP contribution is -2.53. The number of amides is 1. The van der Waals surface area contributed by atoms with E-state index in [2.05, 4.69) is 20.7 Å². The van der Waals surface area contributed by atoms with Crippen molar-refractivity contribution >= 4 is 42.5 Å². The quantitative estimate of drug-likeness (QED) is 0.0148. The average molecular weight is 1330 g/mol. The normalized spacial score (nSPS) is 17.7. The number of methoxy groups -OCH3 is 2. The third-order valence-corrected chi connectivity index (χ3v) is 19.0. The van der Waals surface area contributed by atoms with E-state index in [4.69, 9.17) is 37.5 Å². The second-order valence-corrected chi connectivity index (χ2v) is 28.1. The van der Waals surface area contributed by atoms with E-state index < -0.39 is 90.3 Å². The Labute approximate surface area is 559 Å². The lowest BCUT2D eigenvalue weighted by Gasteiger charge is -2.38. The third-order valence-electron chi connectivity index (χ3n) is 16.3. The molecule has 4 N–H and O–H groups in total. The van der Waals surface area contributed by atoms with Crippen molar-refractivity contribution in [3.8, 4) is 11.5 Å². The molecule has 1 amide bonds. The van der Waals surface area contributed by atoms with Gasteiger partial charge in [0.05, 0.1) is 39.5 Å². The molecule has 1 fully saturated rings. The van der Waals surface area contributed by atoms with E-state index in [1.165, 1.54) is 13.1 Å². The summed E-state index contributed by atoms with van der Waals surface area (Å²) in [6, 6.07) is 63.6. The highest BCUT2D eigenvalue weighted by Gasteiger charge is 2.58. The maximum atomic E-state index is 15.2. The maximum Gasteiger partial charge on any atom is 0.408 e. The molecular formula is C74H84N5O14PS. The molecule has 21 heteroatoms. The van der Waals surface area contributed by atoms with Crippen LogP contribution in [0.4, 0.5) is 10.6 Å². The van der Waals surface area contributed by atoms with E-state index in [1.54, 1.807) is 54.9 Å². The number of thioether (sulfide) groups is 1. The molecule has 500 valence electrons. The van der Waals surface area contributed by atoms with Crippen LogP contribution in [0.2, 0.25) is 0 Å². The number of carbonyl (C=O) groups is 3. The minimum absolute atomic E-state index is 0.00116. The average Bonchev–Trinajstić information content (AvgIpc) is 1.60. The number of hydrogen-bond acceptors (Lipinski definition) is 17. The van der Waals surface area contributed by atoms with Crippen LogP contribution in [0.5, 0.6) is 11.5 Å². The van der Waals surface area contributed by atoms with Crippen LogP contribution in [0.25, 0.3) is 0 Å². The molecule has 1 aliphatic rings. The molecule has 95 heavy (non-hydrogen) atoms.